The van der Waals surface area contributed by atoms with Gasteiger partial charge in [-0.25, -0.2) is 0 Å². The van der Waals surface area contributed by atoms with Crippen LogP contribution in [0.2, 0.25) is 5.02 Å². The van der Waals surface area contributed by atoms with Gasteiger partial charge < -0.3 is 5.32 Å². The summed E-state index contributed by atoms with van der Waals surface area (Å²) in [5.41, 5.74) is 0.430. The van der Waals surface area contributed by atoms with Crippen LogP contribution in [0, 0.1) is 0 Å². The van der Waals surface area contributed by atoms with Crippen molar-refractivity contribution in [1.82, 2.24) is 10.2 Å². The first-order valence-electron chi connectivity index (χ1n) is 8.47. The second-order valence-electron chi connectivity index (χ2n) is 6.67. The lowest BCUT2D eigenvalue weighted by molar-refractivity contribution is 0.0333. The van der Waals surface area contributed by atoms with E-state index in [0.717, 1.165) is 18.1 Å². The van der Waals surface area contributed by atoms with Crippen molar-refractivity contribution in [2.24, 2.45) is 0 Å². The van der Waals surface area contributed by atoms with E-state index in [1.165, 1.54) is 69.3 Å². The van der Waals surface area contributed by atoms with E-state index in [-0.39, 0.29) is 0 Å². The van der Waals surface area contributed by atoms with Gasteiger partial charge in [0.1, 0.15) is 0 Å². The predicted octanol–water partition coefficient (Wildman–Crippen LogP) is 4.68. The zero-order valence-electron chi connectivity index (χ0n) is 12.9. The van der Waals surface area contributed by atoms with Crippen LogP contribution in [-0.4, -0.2) is 30.1 Å². The number of hydrogen-bond donors (Lipinski definition) is 1. The Hall–Kier alpha value is -0.0900. The molecule has 0 spiro atoms. The summed E-state index contributed by atoms with van der Waals surface area (Å²) in [4.78, 5) is 4.16. The highest BCUT2D eigenvalue weighted by atomic mass is 35.5. The van der Waals surface area contributed by atoms with Gasteiger partial charge in [-0.15, -0.1) is 11.3 Å². The Balaban J connectivity index is 1.59. The second-order valence-corrected chi connectivity index (χ2v) is 8.10. The third-order valence-corrected chi connectivity index (χ3v) is 6.47. The van der Waals surface area contributed by atoms with E-state index in [0.29, 0.717) is 5.54 Å². The number of nitrogens with zero attached hydrogens (tertiary/aromatic N) is 1. The first-order chi connectivity index (χ1) is 10.3. The summed E-state index contributed by atoms with van der Waals surface area (Å²) >= 11 is 7.77. The van der Waals surface area contributed by atoms with Crippen LogP contribution in [0.15, 0.2) is 11.4 Å². The molecule has 0 amide bonds. The molecule has 2 heterocycles. The quantitative estimate of drug-likeness (QED) is 0.845. The summed E-state index contributed by atoms with van der Waals surface area (Å²) in [5, 5.41) is 6.64. The zero-order valence-corrected chi connectivity index (χ0v) is 14.4. The summed E-state index contributed by atoms with van der Waals surface area (Å²) in [6.45, 7) is 4.73. The molecule has 2 fully saturated rings. The van der Waals surface area contributed by atoms with E-state index in [1.54, 1.807) is 11.3 Å². The van der Waals surface area contributed by atoms with Crippen molar-refractivity contribution in [3.05, 3.63) is 21.3 Å². The molecule has 1 aromatic heterocycles. The first-order valence-corrected chi connectivity index (χ1v) is 9.73. The number of likely N-dealkylation sites (tertiary alicyclic amines) is 1. The van der Waals surface area contributed by atoms with E-state index in [4.69, 9.17) is 11.6 Å². The Kier molecular flexibility index (Phi) is 5.60. The summed E-state index contributed by atoms with van der Waals surface area (Å²) < 4.78 is 0. The molecule has 118 valence electrons. The highest BCUT2D eigenvalue weighted by Crippen LogP contribution is 2.35. The standard InChI is InChI=1S/C17H27ClN2S/c18-15-11-16(21-13-15)12-19-14-17(7-3-1-4-8-17)20-9-5-2-6-10-20/h11,13,19H,1-10,12,14H2. The van der Waals surface area contributed by atoms with Crippen LogP contribution in [0.3, 0.4) is 0 Å². The lowest BCUT2D eigenvalue weighted by Crippen LogP contribution is -2.57. The van der Waals surface area contributed by atoms with Gasteiger partial charge in [-0.05, 0) is 44.8 Å². The Bertz CT molecular complexity index is 434. The summed E-state index contributed by atoms with van der Waals surface area (Å²) in [6.07, 6.45) is 11.2. The van der Waals surface area contributed by atoms with E-state index in [2.05, 4.69) is 16.3 Å². The highest BCUT2D eigenvalue weighted by molar-refractivity contribution is 7.10. The normalized spacial score (nSPS) is 23.3. The molecule has 1 saturated carbocycles. The van der Waals surface area contributed by atoms with E-state index in [9.17, 15) is 0 Å². The molecule has 1 aliphatic heterocycles. The van der Waals surface area contributed by atoms with Crippen molar-refractivity contribution in [2.45, 2.75) is 63.5 Å². The molecule has 3 rings (SSSR count). The molecule has 2 aliphatic rings. The van der Waals surface area contributed by atoms with Crippen LogP contribution in [0.1, 0.15) is 56.2 Å². The minimum atomic E-state index is 0.430. The average molecular weight is 327 g/mol. The molecule has 0 aromatic carbocycles. The van der Waals surface area contributed by atoms with Gasteiger partial charge in [-0.3, -0.25) is 4.90 Å². The van der Waals surface area contributed by atoms with Crippen LogP contribution < -0.4 is 5.32 Å². The molecule has 4 heteroatoms. The van der Waals surface area contributed by atoms with E-state index in [1.807, 2.05) is 5.38 Å². The molecule has 0 radical (unpaired) electrons. The number of halogens is 1. The van der Waals surface area contributed by atoms with Crippen LogP contribution in [-0.2, 0) is 6.54 Å². The van der Waals surface area contributed by atoms with Gasteiger partial charge in [0, 0.05) is 28.9 Å². The minimum Gasteiger partial charge on any atom is -0.310 e. The third kappa shape index (κ3) is 4.01. The van der Waals surface area contributed by atoms with Gasteiger partial charge in [0.2, 0.25) is 0 Å². The maximum atomic E-state index is 6.01. The molecule has 0 unspecified atom stereocenters. The van der Waals surface area contributed by atoms with E-state index >= 15 is 0 Å². The van der Waals surface area contributed by atoms with Crippen LogP contribution in [0.4, 0.5) is 0 Å². The Morgan fingerprint density at radius 2 is 1.81 bits per heavy atom. The Morgan fingerprint density at radius 3 is 2.48 bits per heavy atom. The fourth-order valence-corrected chi connectivity index (χ4v) is 5.09. The maximum Gasteiger partial charge on any atom is 0.0516 e. The first kappa shape index (κ1) is 15.8. The van der Waals surface area contributed by atoms with Crippen LogP contribution in [0.25, 0.3) is 0 Å². The van der Waals surface area contributed by atoms with Gasteiger partial charge in [-0.1, -0.05) is 37.3 Å². The van der Waals surface area contributed by atoms with Gasteiger partial charge in [0.15, 0.2) is 0 Å². The van der Waals surface area contributed by atoms with Crippen LogP contribution in [0.5, 0.6) is 0 Å². The monoisotopic (exact) mass is 326 g/mol. The van der Waals surface area contributed by atoms with Crippen molar-refractivity contribution in [3.63, 3.8) is 0 Å². The van der Waals surface area contributed by atoms with Crippen molar-refractivity contribution >= 4 is 22.9 Å². The molecular formula is C17H27ClN2S. The smallest absolute Gasteiger partial charge is 0.0516 e. The second kappa shape index (κ2) is 7.45. The van der Waals surface area contributed by atoms with Crippen molar-refractivity contribution in [3.8, 4) is 0 Å². The molecule has 1 aliphatic carbocycles. The van der Waals surface area contributed by atoms with Gasteiger partial charge in [-0.2, -0.15) is 0 Å². The molecule has 21 heavy (non-hydrogen) atoms. The number of piperidine rings is 1. The average Bonchev–Trinajstić information content (AvgIpc) is 2.95. The van der Waals surface area contributed by atoms with Gasteiger partial charge in [0.05, 0.1) is 5.02 Å². The lowest BCUT2D eigenvalue weighted by atomic mass is 9.79. The molecular weight excluding hydrogens is 300 g/mol. The summed E-state index contributed by atoms with van der Waals surface area (Å²) in [5.74, 6) is 0. The predicted molar refractivity (Wildman–Crippen MR) is 92.3 cm³/mol. The molecule has 1 aromatic rings. The Morgan fingerprint density at radius 1 is 1.10 bits per heavy atom. The number of thiophene rings is 1. The number of hydrogen-bond acceptors (Lipinski definition) is 3. The van der Waals surface area contributed by atoms with E-state index < -0.39 is 0 Å². The molecule has 0 atom stereocenters. The summed E-state index contributed by atoms with van der Waals surface area (Å²) in [6, 6.07) is 2.09. The molecule has 1 N–H and O–H groups in total. The number of rotatable bonds is 5. The fourth-order valence-electron chi connectivity index (χ4n) is 4.05. The van der Waals surface area contributed by atoms with Gasteiger partial charge >= 0.3 is 0 Å². The molecule has 1 saturated heterocycles. The van der Waals surface area contributed by atoms with Gasteiger partial charge in [0.25, 0.3) is 0 Å². The summed E-state index contributed by atoms with van der Waals surface area (Å²) in [7, 11) is 0. The zero-order chi connectivity index (χ0) is 14.5. The van der Waals surface area contributed by atoms with Crippen molar-refractivity contribution in [2.75, 3.05) is 19.6 Å². The minimum absolute atomic E-state index is 0.430. The molecule has 0 bridgehead atoms. The SMILES string of the molecule is Clc1csc(CNCC2(N3CCCCC3)CCCCC2)c1. The van der Waals surface area contributed by atoms with Crippen molar-refractivity contribution in [1.29, 1.82) is 0 Å². The maximum absolute atomic E-state index is 6.01. The Labute approximate surface area is 137 Å². The van der Waals surface area contributed by atoms with Crippen LogP contribution >= 0.6 is 22.9 Å². The molecule has 2 nitrogen and oxygen atoms in total. The van der Waals surface area contributed by atoms with Crippen molar-refractivity contribution < 1.29 is 0 Å². The largest absolute Gasteiger partial charge is 0.310 e. The lowest BCUT2D eigenvalue weighted by Gasteiger charge is -2.48. The fraction of sp³-hybridized carbons (Fsp3) is 0.765. The third-order valence-electron chi connectivity index (χ3n) is 5.19. The topological polar surface area (TPSA) is 15.3 Å². The number of nitrogens with one attached hydrogen (secondary N) is 1. The highest BCUT2D eigenvalue weighted by Gasteiger charge is 2.37.